The Bertz CT molecular complexity index is 20.9. The lowest BCUT2D eigenvalue weighted by atomic mass is 10.6. The van der Waals surface area contributed by atoms with Crippen molar-refractivity contribution in [2.75, 3.05) is 0 Å². The molecule has 0 aliphatic carbocycles. The molecule has 0 saturated carbocycles. The van der Waals surface area contributed by atoms with Crippen LogP contribution in [0.25, 0.3) is 0 Å². The predicted octanol–water partition coefficient (Wildman–Crippen LogP) is 1.84. The van der Waals surface area contributed by atoms with E-state index >= 15 is 0 Å². The summed E-state index contributed by atoms with van der Waals surface area (Å²) in [5.41, 5.74) is 0. The average molecular weight is 111 g/mol. The second kappa shape index (κ2) is 2.93. The molecule has 0 aliphatic rings. The van der Waals surface area contributed by atoms with Crippen LogP contribution in [0, 0.1) is 0 Å². The van der Waals surface area contributed by atoms with Crippen molar-refractivity contribution >= 4 is 20.8 Å². The molecule has 0 amide bonds. The average Bonchev–Trinajstić information content (AvgIpc) is 1.38. The van der Waals surface area contributed by atoms with Crippen LogP contribution in [0.3, 0.4) is 0 Å². The fourth-order valence-electron chi connectivity index (χ4n) is 0. The van der Waals surface area contributed by atoms with Crippen LogP contribution in [-0.4, -0.2) is 5.12 Å². The smallest absolute Gasteiger partial charge is 0.0473 e. The highest BCUT2D eigenvalue weighted by molar-refractivity contribution is 7.21. The van der Waals surface area contributed by atoms with Gasteiger partial charge in [-0.25, -0.2) is 0 Å². The van der Waals surface area contributed by atoms with Gasteiger partial charge < -0.3 is 0 Å². The summed E-state index contributed by atoms with van der Waals surface area (Å²) >= 11 is 5.43. The number of alkyl halides is 1. The summed E-state index contributed by atoms with van der Waals surface area (Å²) in [6.45, 7) is 2.05. The molecule has 5 heavy (non-hydrogen) atoms. The lowest BCUT2D eigenvalue weighted by Crippen LogP contribution is -1.74. The molecule has 0 fully saturated rings. The highest BCUT2D eigenvalue weighted by atomic mass is 35.5. The zero-order valence-corrected chi connectivity index (χ0v) is 5.15. The monoisotopic (exact) mass is 110 g/mol. The summed E-state index contributed by atoms with van der Waals surface area (Å²) in [4.78, 5) is 0. The van der Waals surface area contributed by atoms with Crippen LogP contribution in [0.4, 0.5) is 0 Å². The molecule has 0 aliphatic heterocycles. The topological polar surface area (TPSA) is 0 Å². The van der Waals surface area contributed by atoms with Gasteiger partial charge in [0.1, 0.15) is 0 Å². The molecule has 0 N–H and O–H groups in total. The second-order valence-corrected chi connectivity index (χ2v) is 2.71. The van der Waals surface area contributed by atoms with Crippen molar-refractivity contribution in [3.8, 4) is 0 Å². The lowest BCUT2D eigenvalue weighted by Gasteiger charge is -1.87. The van der Waals surface area contributed by atoms with Gasteiger partial charge in [0.2, 0.25) is 0 Å². The Kier molecular flexibility index (Phi) is 3.35. The molecule has 0 aromatic heterocycles. The summed E-state index contributed by atoms with van der Waals surface area (Å²) < 4.78 is 0. The Hall–Kier alpha value is 0.720. The Labute approximate surface area is 40.1 Å². The molecule has 2 heteroatoms. The van der Waals surface area contributed by atoms with Crippen molar-refractivity contribution in [2.45, 2.75) is 18.5 Å². The lowest BCUT2D eigenvalue weighted by molar-refractivity contribution is 1.05. The fourth-order valence-corrected chi connectivity index (χ4v) is 0. The van der Waals surface area contributed by atoms with E-state index in [1.807, 2.05) is 6.92 Å². The summed E-state index contributed by atoms with van der Waals surface area (Å²) in [6, 6.07) is 0. The third-order valence-corrected chi connectivity index (χ3v) is 1.17. The van der Waals surface area contributed by atoms with Gasteiger partial charge in [-0.15, -0.1) is 20.8 Å². The van der Waals surface area contributed by atoms with Gasteiger partial charge >= 0.3 is 0 Å². The van der Waals surface area contributed by atoms with E-state index in [0.29, 0.717) is 0 Å². The molecule has 0 heterocycles. The molecule has 0 aromatic rings. The maximum Gasteiger partial charge on any atom is 0.0473 e. The van der Waals surface area contributed by atoms with Crippen molar-refractivity contribution in [3.63, 3.8) is 0 Å². The van der Waals surface area contributed by atoms with E-state index in [1.54, 1.807) is 0 Å². The Morgan fingerprint density at radius 2 is 2.20 bits per heavy atom. The van der Waals surface area contributed by atoms with E-state index in [0.717, 1.165) is 6.42 Å². The minimum atomic E-state index is 0.273. The Morgan fingerprint density at radius 3 is 2.20 bits per heavy atom. The van der Waals surface area contributed by atoms with Gasteiger partial charge in [0.15, 0.2) is 0 Å². The van der Waals surface area contributed by atoms with E-state index in [1.165, 1.54) is 0 Å². The van der Waals surface area contributed by atoms with Crippen LogP contribution in [0.1, 0.15) is 13.3 Å². The molecular formula is C3H8ClP. The predicted molar refractivity (Wildman–Crippen MR) is 29.6 cm³/mol. The van der Waals surface area contributed by atoms with Gasteiger partial charge in [0, 0.05) is 5.12 Å². The van der Waals surface area contributed by atoms with Crippen LogP contribution in [0.15, 0.2) is 0 Å². The van der Waals surface area contributed by atoms with E-state index < -0.39 is 0 Å². The standard InChI is InChI=1S/C3H8ClP/c1-2-3(4)5/h3H,2,5H2,1H3. The molecule has 0 rings (SSSR count). The van der Waals surface area contributed by atoms with Crippen molar-refractivity contribution in [2.24, 2.45) is 0 Å². The highest BCUT2D eigenvalue weighted by Crippen LogP contribution is 2.07. The molecule has 2 unspecified atom stereocenters. The highest BCUT2D eigenvalue weighted by Gasteiger charge is 1.83. The van der Waals surface area contributed by atoms with Crippen molar-refractivity contribution < 1.29 is 0 Å². The van der Waals surface area contributed by atoms with Gasteiger partial charge in [-0.05, 0) is 6.42 Å². The number of halogens is 1. The first-order valence-electron chi connectivity index (χ1n) is 1.67. The summed E-state index contributed by atoms with van der Waals surface area (Å²) in [6.07, 6.45) is 1.03. The van der Waals surface area contributed by atoms with Crippen LogP contribution in [0.5, 0.6) is 0 Å². The SMILES string of the molecule is CCC(P)Cl. The van der Waals surface area contributed by atoms with E-state index in [9.17, 15) is 0 Å². The first kappa shape index (κ1) is 5.72. The third-order valence-electron chi connectivity index (χ3n) is 0.390. The zero-order valence-electron chi connectivity index (χ0n) is 3.24. The third kappa shape index (κ3) is 4.72. The number of hydrogen-bond acceptors (Lipinski definition) is 0. The molecule has 0 nitrogen and oxygen atoms in total. The molecule has 0 aromatic carbocycles. The van der Waals surface area contributed by atoms with Gasteiger partial charge in [0.25, 0.3) is 0 Å². The van der Waals surface area contributed by atoms with Crippen LogP contribution in [0.2, 0.25) is 0 Å². The van der Waals surface area contributed by atoms with Gasteiger partial charge in [-0.3, -0.25) is 0 Å². The number of rotatable bonds is 1. The van der Waals surface area contributed by atoms with E-state index in [4.69, 9.17) is 11.6 Å². The minimum Gasteiger partial charge on any atom is -0.119 e. The van der Waals surface area contributed by atoms with Crippen molar-refractivity contribution in [1.82, 2.24) is 0 Å². The summed E-state index contributed by atoms with van der Waals surface area (Å²) in [5, 5.41) is 0.273. The normalized spacial score (nSPS) is 15.0. The van der Waals surface area contributed by atoms with Crippen molar-refractivity contribution in [3.05, 3.63) is 0 Å². The van der Waals surface area contributed by atoms with Crippen LogP contribution >= 0.6 is 20.8 Å². The van der Waals surface area contributed by atoms with E-state index in [2.05, 4.69) is 9.24 Å². The first-order chi connectivity index (χ1) is 2.27. The number of hydrogen-bond donors (Lipinski definition) is 0. The molecule has 0 bridgehead atoms. The van der Waals surface area contributed by atoms with Gasteiger partial charge in [-0.1, -0.05) is 6.92 Å². The zero-order chi connectivity index (χ0) is 4.28. The largest absolute Gasteiger partial charge is 0.119 e. The maximum absolute atomic E-state index is 5.43. The summed E-state index contributed by atoms with van der Waals surface area (Å²) in [5.74, 6) is 0. The van der Waals surface area contributed by atoms with Crippen LogP contribution < -0.4 is 0 Å². The van der Waals surface area contributed by atoms with Crippen LogP contribution in [-0.2, 0) is 0 Å². The molecule has 2 atom stereocenters. The Morgan fingerprint density at radius 1 is 2.00 bits per heavy atom. The maximum atomic E-state index is 5.43. The van der Waals surface area contributed by atoms with E-state index in [-0.39, 0.29) is 5.12 Å². The molecule has 0 saturated heterocycles. The molecule has 0 spiro atoms. The van der Waals surface area contributed by atoms with Crippen molar-refractivity contribution in [1.29, 1.82) is 0 Å². The first-order valence-corrected chi connectivity index (χ1v) is 2.77. The summed E-state index contributed by atoms with van der Waals surface area (Å²) in [7, 11) is 2.50. The molecular weight excluding hydrogens is 102 g/mol. The molecule has 32 valence electrons. The molecule has 0 radical (unpaired) electrons. The second-order valence-electron chi connectivity index (χ2n) is 0.924. The fraction of sp³-hybridized carbons (Fsp3) is 1.00. The quantitative estimate of drug-likeness (QED) is 0.357. The van der Waals surface area contributed by atoms with Gasteiger partial charge in [-0.2, -0.15) is 0 Å². The Balaban J connectivity index is 2.54. The van der Waals surface area contributed by atoms with Gasteiger partial charge in [0.05, 0.1) is 0 Å². The minimum absolute atomic E-state index is 0.273.